The summed E-state index contributed by atoms with van der Waals surface area (Å²) in [5.41, 5.74) is 1.09. The molecule has 0 aromatic heterocycles. The van der Waals surface area contributed by atoms with Gasteiger partial charge in [0.05, 0.1) is 7.11 Å². The Hall–Kier alpha value is -0.790. The van der Waals surface area contributed by atoms with Crippen LogP contribution in [0.4, 0.5) is 0 Å². The van der Waals surface area contributed by atoms with Crippen LogP contribution < -0.4 is 0 Å². The first-order valence-electron chi connectivity index (χ1n) is 6.87. The molecule has 0 amide bonds. The molecule has 17 heavy (non-hydrogen) atoms. The molecule has 0 N–H and O–H groups in total. The maximum atomic E-state index is 11.5. The van der Waals surface area contributed by atoms with E-state index in [0.29, 0.717) is 5.41 Å². The van der Waals surface area contributed by atoms with E-state index in [0.717, 1.165) is 11.5 Å². The van der Waals surface area contributed by atoms with E-state index in [9.17, 15) is 4.79 Å². The van der Waals surface area contributed by atoms with Crippen molar-refractivity contribution in [1.29, 1.82) is 0 Å². The largest absolute Gasteiger partial charge is 0.466 e. The average Bonchev–Trinajstić information content (AvgIpc) is 3.09. The maximum Gasteiger partial charge on any atom is 0.333 e. The van der Waals surface area contributed by atoms with E-state index in [2.05, 4.69) is 19.9 Å². The lowest BCUT2D eigenvalue weighted by Gasteiger charge is -2.23. The molecule has 0 bridgehead atoms. The second-order valence-electron chi connectivity index (χ2n) is 5.30. The fourth-order valence-electron chi connectivity index (χ4n) is 2.81. The molecule has 0 heterocycles. The van der Waals surface area contributed by atoms with Crippen molar-refractivity contribution in [2.45, 2.75) is 59.3 Å². The molecule has 1 rings (SSSR count). The third kappa shape index (κ3) is 3.58. The first-order chi connectivity index (χ1) is 8.09. The summed E-state index contributed by atoms with van der Waals surface area (Å²) in [6.45, 7) is 6.38. The van der Waals surface area contributed by atoms with Gasteiger partial charge in [0.15, 0.2) is 0 Å². The molecular weight excluding hydrogens is 212 g/mol. The van der Waals surface area contributed by atoms with Gasteiger partial charge in [-0.1, -0.05) is 39.2 Å². The van der Waals surface area contributed by atoms with Crippen LogP contribution in [-0.4, -0.2) is 13.1 Å². The Bertz CT molecular complexity index is 287. The molecule has 0 aromatic carbocycles. The van der Waals surface area contributed by atoms with Gasteiger partial charge >= 0.3 is 5.97 Å². The highest BCUT2D eigenvalue weighted by atomic mass is 16.5. The highest BCUT2D eigenvalue weighted by molar-refractivity contribution is 5.87. The minimum absolute atomic E-state index is 0.179. The van der Waals surface area contributed by atoms with Crippen molar-refractivity contribution < 1.29 is 9.53 Å². The lowest BCUT2D eigenvalue weighted by atomic mass is 9.82. The standard InChI is InChI=1S/C15H26O2/c1-5-7-8-13(6-2)15(9-10-15)11-12(3)14(16)17-4/h11,13H,5-10H2,1-4H3. The van der Waals surface area contributed by atoms with Crippen molar-refractivity contribution in [3.8, 4) is 0 Å². The Labute approximate surface area is 105 Å². The summed E-state index contributed by atoms with van der Waals surface area (Å²) in [7, 11) is 1.45. The topological polar surface area (TPSA) is 26.3 Å². The summed E-state index contributed by atoms with van der Waals surface area (Å²) in [6.07, 6.45) is 9.72. The Morgan fingerprint density at radius 2 is 2.06 bits per heavy atom. The lowest BCUT2D eigenvalue weighted by Crippen LogP contribution is -2.15. The van der Waals surface area contributed by atoms with Gasteiger partial charge < -0.3 is 4.74 Å². The number of rotatable bonds is 7. The highest BCUT2D eigenvalue weighted by Gasteiger charge is 2.46. The minimum Gasteiger partial charge on any atom is -0.466 e. The van der Waals surface area contributed by atoms with Crippen LogP contribution >= 0.6 is 0 Å². The summed E-state index contributed by atoms with van der Waals surface area (Å²) >= 11 is 0. The molecule has 1 unspecified atom stereocenters. The van der Waals surface area contributed by atoms with E-state index >= 15 is 0 Å². The average molecular weight is 238 g/mol. The third-order valence-electron chi connectivity index (χ3n) is 4.05. The van der Waals surface area contributed by atoms with Gasteiger partial charge in [-0.25, -0.2) is 4.79 Å². The van der Waals surface area contributed by atoms with Crippen LogP contribution in [0.2, 0.25) is 0 Å². The second kappa shape index (κ2) is 6.23. The Morgan fingerprint density at radius 3 is 2.47 bits per heavy atom. The molecule has 0 aliphatic heterocycles. The van der Waals surface area contributed by atoms with Crippen molar-refractivity contribution in [3.63, 3.8) is 0 Å². The van der Waals surface area contributed by atoms with Crippen LogP contribution in [0.25, 0.3) is 0 Å². The van der Waals surface area contributed by atoms with Gasteiger partial charge in [0, 0.05) is 5.57 Å². The summed E-state index contributed by atoms with van der Waals surface area (Å²) in [4.78, 5) is 11.5. The van der Waals surface area contributed by atoms with E-state index in [1.807, 2.05) is 6.92 Å². The van der Waals surface area contributed by atoms with Crippen molar-refractivity contribution >= 4 is 5.97 Å². The molecule has 1 aliphatic rings. The normalized spacial score (nSPS) is 19.9. The van der Waals surface area contributed by atoms with Crippen molar-refractivity contribution in [2.75, 3.05) is 7.11 Å². The van der Waals surface area contributed by atoms with Gasteiger partial charge in [-0.15, -0.1) is 0 Å². The van der Waals surface area contributed by atoms with Crippen LogP contribution in [0.15, 0.2) is 11.6 Å². The summed E-state index contributed by atoms with van der Waals surface area (Å²) in [5.74, 6) is 0.559. The zero-order valence-electron chi connectivity index (χ0n) is 11.7. The van der Waals surface area contributed by atoms with Gasteiger partial charge in [-0.3, -0.25) is 0 Å². The Morgan fingerprint density at radius 1 is 1.41 bits per heavy atom. The predicted octanol–water partition coefficient (Wildman–Crippen LogP) is 4.10. The van der Waals surface area contributed by atoms with E-state index in [1.54, 1.807) is 0 Å². The number of ether oxygens (including phenoxy) is 1. The molecule has 1 fully saturated rings. The fraction of sp³-hybridized carbons (Fsp3) is 0.800. The fourth-order valence-corrected chi connectivity index (χ4v) is 2.81. The smallest absolute Gasteiger partial charge is 0.333 e. The van der Waals surface area contributed by atoms with E-state index < -0.39 is 0 Å². The molecule has 1 saturated carbocycles. The van der Waals surface area contributed by atoms with E-state index in [-0.39, 0.29) is 5.97 Å². The van der Waals surface area contributed by atoms with Crippen LogP contribution in [0.1, 0.15) is 59.3 Å². The number of esters is 1. The van der Waals surface area contributed by atoms with Crippen LogP contribution in [0, 0.1) is 11.3 Å². The van der Waals surface area contributed by atoms with Crippen LogP contribution in [0.3, 0.4) is 0 Å². The van der Waals surface area contributed by atoms with E-state index in [1.165, 1.54) is 45.6 Å². The molecule has 0 spiro atoms. The first-order valence-corrected chi connectivity index (χ1v) is 6.87. The predicted molar refractivity (Wildman–Crippen MR) is 70.7 cm³/mol. The van der Waals surface area contributed by atoms with Crippen LogP contribution in [-0.2, 0) is 9.53 Å². The molecule has 0 radical (unpaired) electrons. The van der Waals surface area contributed by atoms with Gasteiger partial charge in [-0.2, -0.15) is 0 Å². The zero-order chi connectivity index (χ0) is 12.9. The molecule has 0 saturated heterocycles. The Balaban J connectivity index is 2.69. The molecule has 98 valence electrons. The van der Waals surface area contributed by atoms with Gasteiger partial charge in [0.25, 0.3) is 0 Å². The molecule has 1 aliphatic carbocycles. The first kappa shape index (κ1) is 14.3. The molecule has 1 atom stereocenters. The van der Waals surface area contributed by atoms with Crippen molar-refractivity contribution in [1.82, 2.24) is 0 Å². The van der Waals surface area contributed by atoms with E-state index in [4.69, 9.17) is 4.74 Å². The summed E-state index contributed by atoms with van der Waals surface area (Å²) in [6, 6.07) is 0. The molecule has 2 heteroatoms. The zero-order valence-corrected chi connectivity index (χ0v) is 11.7. The number of hydrogen-bond acceptors (Lipinski definition) is 2. The highest BCUT2D eigenvalue weighted by Crippen LogP contribution is 2.56. The third-order valence-corrected chi connectivity index (χ3v) is 4.05. The quantitative estimate of drug-likeness (QED) is 0.493. The van der Waals surface area contributed by atoms with Crippen molar-refractivity contribution in [3.05, 3.63) is 11.6 Å². The number of allylic oxidation sites excluding steroid dienone is 1. The van der Waals surface area contributed by atoms with Gasteiger partial charge in [0.1, 0.15) is 0 Å². The maximum absolute atomic E-state index is 11.5. The van der Waals surface area contributed by atoms with Gasteiger partial charge in [-0.05, 0) is 37.5 Å². The van der Waals surface area contributed by atoms with Crippen LogP contribution in [0.5, 0.6) is 0 Å². The molecule has 0 aromatic rings. The summed E-state index contributed by atoms with van der Waals surface area (Å²) in [5, 5.41) is 0. The number of hydrogen-bond donors (Lipinski definition) is 0. The molecule has 2 nitrogen and oxygen atoms in total. The Kier molecular flexibility index (Phi) is 5.23. The number of methoxy groups -OCH3 is 1. The second-order valence-corrected chi connectivity index (χ2v) is 5.30. The lowest BCUT2D eigenvalue weighted by molar-refractivity contribution is -0.136. The van der Waals surface area contributed by atoms with Gasteiger partial charge in [0.2, 0.25) is 0 Å². The monoisotopic (exact) mass is 238 g/mol. The minimum atomic E-state index is -0.179. The summed E-state index contributed by atoms with van der Waals surface area (Å²) < 4.78 is 4.77. The SMILES string of the molecule is CCCCC(CC)C1(C=C(C)C(=O)OC)CC1. The molecular formula is C15H26O2. The number of unbranched alkanes of at least 4 members (excludes halogenated alkanes) is 1. The number of carbonyl (C=O) groups is 1. The number of carbonyl (C=O) groups excluding carboxylic acids is 1. The van der Waals surface area contributed by atoms with Crippen molar-refractivity contribution in [2.24, 2.45) is 11.3 Å².